The van der Waals surface area contributed by atoms with Gasteiger partial charge in [-0.1, -0.05) is 45.9 Å². The van der Waals surface area contributed by atoms with Crippen molar-refractivity contribution in [3.63, 3.8) is 0 Å². The first-order valence-electron chi connectivity index (χ1n) is 11.4. The third-order valence-electron chi connectivity index (χ3n) is 5.14. The first-order chi connectivity index (χ1) is 16.3. The lowest BCUT2D eigenvalue weighted by Crippen LogP contribution is -2.21. The fraction of sp³-hybridized carbons (Fsp3) is 0.333. The second-order valence-electron chi connectivity index (χ2n) is 8.91. The number of carbonyl (C=O) groups excluding carboxylic acids is 1. The number of benzene rings is 2. The van der Waals surface area contributed by atoms with E-state index in [1.807, 2.05) is 43.3 Å². The number of pyridine rings is 1. The van der Waals surface area contributed by atoms with Crippen LogP contribution in [0.3, 0.4) is 0 Å². The molecule has 2 amide bonds. The summed E-state index contributed by atoms with van der Waals surface area (Å²) < 4.78 is 17.2. The highest BCUT2D eigenvalue weighted by atomic mass is 16.5. The second-order valence-corrected chi connectivity index (χ2v) is 8.91. The molecular weight excluding hydrogens is 430 g/mol. The molecule has 3 rings (SSSR count). The van der Waals surface area contributed by atoms with Crippen LogP contribution in [0.4, 0.5) is 16.2 Å². The first kappa shape index (κ1) is 25.1. The minimum atomic E-state index is -0.401. The highest BCUT2D eigenvalue weighted by Gasteiger charge is 2.20. The summed E-state index contributed by atoms with van der Waals surface area (Å²) in [6, 6.07) is 18.1. The summed E-state index contributed by atoms with van der Waals surface area (Å²) >= 11 is 0. The lowest BCUT2D eigenvalue weighted by Gasteiger charge is -2.22. The summed E-state index contributed by atoms with van der Waals surface area (Å²) in [5.74, 6) is 1.74. The molecule has 0 spiro atoms. The molecule has 7 heteroatoms. The number of urea groups is 1. The van der Waals surface area contributed by atoms with E-state index in [0.717, 1.165) is 17.7 Å². The molecule has 0 saturated heterocycles. The summed E-state index contributed by atoms with van der Waals surface area (Å²) in [5, 5.41) is 5.65. The van der Waals surface area contributed by atoms with Crippen molar-refractivity contribution in [1.82, 2.24) is 4.98 Å². The number of nitrogens with one attached hydrogen (secondary N) is 2. The molecule has 3 aromatic rings. The topological polar surface area (TPSA) is 81.7 Å². The summed E-state index contributed by atoms with van der Waals surface area (Å²) in [6.07, 6.45) is 2.45. The Balaban J connectivity index is 1.67. The predicted octanol–water partition coefficient (Wildman–Crippen LogP) is 6.62. The third-order valence-corrected chi connectivity index (χ3v) is 5.14. The number of rotatable bonds is 9. The van der Waals surface area contributed by atoms with Crippen LogP contribution in [0.1, 0.15) is 39.7 Å². The van der Waals surface area contributed by atoms with E-state index in [4.69, 9.17) is 14.2 Å². The molecule has 7 nitrogen and oxygen atoms in total. The Bertz CT molecular complexity index is 1080. The largest absolute Gasteiger partial charge is 0.488 e. The third kappa shape index (κ3) is 6.96. The van der Waals surface area contributed by atoms with Gasteiger partial charge < -0.3 is 24.8 Å². The smallest absolute Gasteiger partial charge is 0.323 e. The van der Waals surface area contributed by atoms with E-state index >= 15 is 0 Å². The van der Waals surface area contributed by atoms with Crippen molar-refractivity contribution in [3.05, 3.63) is 72.4 Å². The molecule has 180 valence electrons. The number of anilines is 2. The number of ether oxygens (including phenoxy) is 3. The van der Waals surface area contributed by atoms with Crippen molar-refractivity contribution in [1.29, 1.82) is 0 Å². The van der Waals surface area contributed by atoms with Gasteiger partial charge in [0.1, 0.15) is 23.3 Å². The number of aromatic nitrogens is 1. The zero-order chi connectivity index (χ0) is 24.6. The van der Waals surface area contributed by atoms with Crippen LogP contribution in [0, 0.1) is 0 Å². The van der Waals surface area contributed by atoms with E-state index in [1.54, 1.807) is 37.6 Å². The maximum Gasteiger partial charge on any atom is 0.323 e. The number of carbonyl (C=O) groups is 1. The molecule has 0 fully saturated rings. The maximum atomic E-state index is 12.7. The molecule has 0 saturated carbocycles. The highest BCUT2D eigenvalue weighted by Crippen LogP contribution is 2.35. The predicted molar refractivity (Wildman–Crippen MR) is 135 cm³/mol. The highest BCUT2D eigenvalue weighted by molar-refractivity contribution is 6.00. The fourth-order valence-electron chi connectivity index (χ4n) is 3.36. The summed E-state index contributed by atoms with van der Waals surface area (Å²) in [7, 11) is 1.65. The number of hydrogen-bond acceptors (Lipinski definition) is 5. The monoisotopic (exact) mass is 463 g/mol. The fourth-order valence-corrected chi connectivity index (χ4v) is 3.36. The van der Waals surface area contributed by atoms with Gasteiger partial charge >= 0.3 is 6.03 Å². The van der Waals surface area contributed by atoms with Gasteiger partial charge in [-0.2, -0.15) is 0 Å². The number of nitrogens with zero attached hydrogens (tertiary/aromatic N) is 1. The van der Waals surface area contributed by atoms with Crippen LogP contribution >= 0.6 is 0 Å². The van der Waals surface area contributed by atoms with Gasteiger partial charge in [0.25, 0.3) is 0 Å². The molecule has 0 radical (unpaired) electrons. The lowest BCUT2D eigenvalue weighted by molar-refractivity contribution is 0.0788. The minimum Gasteiger partial charge on any atom is -0.488 e. The van der Waals surface area contributed by atoms with Gasteiger partial charge in [-0.25, -0.2) is 9.78 Å². The van der Waals surface area contributed by atoms with E-state index in [2.05, 4.69) is 36.4 Å². The molecule has 0 aliphatic rings. The Hall–Kier alpha value is -3.58. The van der Waals surface area contributed by atoms with Gasteiger partial charge in [0, 0.05) is 24.6 Å². The summed E-state index contributed by atoms with van der Waals surface area (Å²) in [4.78, 5) is 17.0. The zero-order valence-corrected chi connectivity index (χ0v) is 20.4. The molecule has 1 aromatic heterocycles. The minimum absolute atomic E-state index is 0.0143. The van der Waals surface area contributed by atoms with Crippen LogP contribution < -0.4 is 20.1 Å². The summed E-state index contributed by atoms with van der Waals surface area (Å²) in [5.41, 5.74) is 2.05. The van der Waals surface area contributed by atoms with Gasteiger partial charge in [0.05, 0.1) is 6.61 Å². The standard InChI is InChI=1S/C27H33N3O4/c1-6-20(18-32-5)33-21-15-13-19(14-16-21)29-26(31)30-23-11-9-17-28-25(23)34-24-12-8-7-10-22(24)27(2,3)4/h7-17,20H,6,18H2,1-5H3,(H2,29,30,31). The molecule has 1 unspecified atom stereocenters. The number of para-hydroxylation sites is 1. The van der Waals surface area contributed by atoms with Gasteiger partial charge in [-0.15, -0.1) is 0 Å². The van der Waals surface area contributed by atoms with Gasteiger partial charge in [0.15, 0.2) is 0 Å². The van der Waals surface area contributed by atoms with Crippen molar-refractivity contribution in [2.75, 3.05) is 24.4 Å². The molecule has 0 aliphatic heterocycles. The van der Waals surface area contributed by atoms with Crippen LogP contribution in [-0.4, -0.2) is 30.8 Å². The van der Waals surface area contributed by atoms with Crippen molar-refractivity contribution in [3.8, 4) is 17.4 Å². The van der Waals surface area contributed by atoms with Gasteiger partial charge in [-0.05, 0) is 54.3 Å². The van der Waals surface area contributed by atoms with E-state index < -0.39 is 6.03 Å². The van der Waals surface area contributed by atoms with E-state index in [-0.39, 0.29) is 11.5 Å². The Kier molecular flexibility index (Phi) is 8.49. The maximum absolute atomic E-state index is 12.7. The normalized spacial score (nSPS) is 12.0. The Morgan fingerprint density at radius 3 is 2.41 bits per heavy atom. The van der Waals surface area contributed by atoms with Crippen molar-refractivity contribution >= 4 is 17.4 Å². The Morgan fingerprint density at radius 2 is 1.74 bits per heavy atom. The average molecular weight is 464 g/mol. The molecular formula is C27H33N3O4. The summed E-state index contributed by atoms with van der Waals surface area (Å²) in [6.45, 7) is 8.93. The van der Waals surface area contributed by atoms with E-state index in [1.165, 1.54) is 0 Å². The van der Waals surface area contributed by atoms with Crippen LogP contribution in [-0.2, 0) is 10.2 Å². The van der Waals surface area contributed by atoms with E-state index in [9.17, 15) is 4.79 Å². The second kappa shape index (κ2) is 11.5. The van der Waals surface area contributed by atoms with Crippen molar-refractivity contribution in [2.24, 2.45) is 0 Å². The molecule has 2 N–H and O–H groups in total. The van der Waals surface area contributed by atoms with Crippen LogP contribution in [0.15, 0.2) is 66.9 Å². The van der Waals surface area contributed by atoms with Crippen LogP contribution in [0.25, 0.3) is 0 Å². The molecule has 1 atom stereocenters. The zero-order valence-electron chi connectivity index (χ0n) is 20.4. The lowest BCUT2D eigenvalue weighted by atomic mass is 9.86. The van der Waals surface area contributed by atoms with Gasteiger partial charge in [-0.3, -0.25) is 0 Å². The molecule has 2 aromatic carbocycles. The van der Waals surface area contributed by atoms with E-state index in [0.29, 0.717) is 29.6 Å². The van der Waals surface area contributed by atoms with Gasteiger partial charge in [0.2, 0.25) is 5.88 Å². The number of amides is 2. The Morgan fingerprint density at radius 1 is 1.00 bits per heavy atom. The van der Waals surface area contributed by atoms with Crippen LogP contribution in [0.5, 0.6) is 17.4 Å². The number of methoxy groups -OCH3 is 1. The molecule has 0 bridgehead atoms. The van der Waals surface area contributed by atoms with Crippen molar-refractivity contribution < 1.29 is 19.0 Å². The SMILES string of the molecule is CCC(COC)Oc1ccc(NC(=O)Nc2cccnc2Oc2ccccc2C(C)(C)C)cc1. The molecule has 34 heavy (non-hydrogen) atoms. The first-order valence-corrected chi connectivity index (χ1v) is 11.4. The molecule has 1 heterocycles. The van der Waals surface area contributed by atoms with Crippen LogP contribution in [0.2, 0.25) is 0 Å². The quantitative estimate of drug-likeness (QED) is 0.373. The number of hydrogen-bond donors (Lipinski definition) is 2. The Labute approximate surface area is 201 Å². The van der Waals surface area contributed by atoms with Crippen molar-refractivity contribution in [2.45, 2.75) is 45.6 Å². The average Bonchev–Trinajstić information content (AvgIpc) is 2.81. The molecule has 0 aliphatic carbocycles.